The minimum atomic E-state index is 0.646. The summed E-state index contributed by atoms with van der Waals surface area (Å²) < 4.78 is 1.89. The van der Waals surface area contributed by atoms with Gasteiger partial charge < -0.3 is 0 Å². The topological polar surface area (TPSA) is 84.7 Å². The fourth-order valence-electron chi connectivity index (χ4n) is 2.81. The van der Waals surface area contributed by atoms with Crippen LogP contribution in [-0.4, -0.2) is 35.0 Å². The first-order valence-corrected chi connectivity index (χ1v) is 7.46. The van der Waals surface area contributed by atoms with E-state index in [4.69, 9.17) is 4.98 Å². The summed E-state index contributed by atoms with van der Waals surface area (Å²) in [5.74, 6) is 0.646. The van der Waals surface area contributed by atoms with Crippen LogP contribution >= 0.6 is 0 Å². The fraction of sp³-hybridized carbons (Fsp3) is 0. The summed E-state index contributed by atoms with van der Waals surface area (Å²) in [6.45, 7) is 0. The molecule has 0 radical (unpaired) electrons. The van der Waals surface area contributed by atoms with Gasteiger partial charge in [-0.15, -0.1) is 10.2 Å². The van der Waals surface area contributed by atoms with Crippen molar-refractivity contribution in [3.63, 3.8) is 0 Å². The summed E-state index contributed by atoms with van der Waals surface area (Å²) in [6, 6.07) is 16.1. The second-order valence-corrected chi connectivity index (χ2v) is 5.38. The summed E-state index contributed by atoms with van der Waals surface area (Å²) in [7, 11) is 0. The number of aromatic amines is 1. The summed E-state index contributed by atoms with van der Waals surface area (Å²) in [5.41, 5.74) is 4.30. The summed E-state index contributed by atoms with van der Waals surface area (Å²) in [4.78, 5) is 4.75. The average molecular weight is 313 g/mol. The Morgan fingerprint density at radius 1 is 0.875 bits per heavy atom. The van der Waals surface area contributed by atoms with Crippen molar-refractivity contribution in [1.29, 1.82) is 0 Å². The summed E-state index contributed by atoms with van der Waals surface area (Å²) in [6.07, 6.45) is 3.53. The fourth-order valence-corrected chi connectivity index (χ4v) is 2.81. The largest absolute Gasteiger partial charge is 0.280 e. The first kappa shape index (κ1) is 12.9. The Kier molecular flexibility index (Phi) is 2.66. The zero-order valence-electron chi connectivity index (χ0n) is 12.5. The lowest BCUT2D eigenvalue weighted by atomic mass is 10.1. The number of nitrogens with one attached hydrogen (secondary N) is 1. The van der Waals surface area contributed by atoms with Crippen LogP contribution in [0.25, 0.3) is 39.3 Å². The van der Waals surface area contributed by atoms with Crippen molar-refractivity contribution in [1.82, 2.24) is 35.0 Å². The van der Waals surface area contributed by atoms with Gasteiger partial charge in [-0.1, -0.05) is 30.3 Å². The van der Waals surface area contributed by atoms with Crippen molar-refractivity contribution in [2.45, 2.75) is 0 Å². The van der Waals surface area contributed by atoms with Crippen molar-refractivity contribution in [3.8, 4) is 22.8 Å². The van der Waals surface area contributed by atoms with Crippen LogP contribution in [0.15, 0.2) is 60.9 Å². The summed E-state index contributed by atoms with van der Waals surface area (Å²) in [5, 5.41) is 20.0. The van der Waals surface area contributed by atoms with E-state index in [0.717, 1.165) is 27.8 Å². The highest BCUT2D eigenvalue weighted by Crippen LogP contribution is 2.25. The van der Waals surface area contributed by atoms with Crippen molar-refractivity contribution < 1.29 is 0 Å². The van der Waals surface area contributed by atoms with Gasteiger partial charge in [-0.2, -0.15) is 15.4 Å². The van der Waals surface area contributed by atoms with Gasteiger partial charge in [0.05, 0.1) is 17.4 Å². The molecule has 0 saturated carbocycles. The Bertz CT molecular complexity index is 1140. The van der Waals surface area contributed by atoms with Crippen LogP contribution in [0, 0.1) is 0 Å². The number of nitrogens with zero attached hydrogens (tertiary/aromatic N) is 6. The molecule has 0 aliphatic carbocycles. The number of rotatable bonds is 2. The Morgan fingerprint density at radius 3 is 2.62 bits per heavy atom. The van der Waals surface area contributed by atoms with Gasteiger partial charge in [-0.25, -0.2) is 4.98 Å². The molecule has 0 unspecified atom stereocenters. The molecular formula is C17H11N7. The van der Waals surface area contributed by atoms with E-state index < -0.39 is 0 Å². The lowest BCUT2D eigenvalue weighted by Crippen LogP contribution is -1.92. The molecule has 0 spiro atoms. The van der Waals surface area contributed by atoms with Crippen LogP contribution in [0.2, 0.25) is 0 Å². The molecule has 4 aromatic heterocycles. The molecule has 1 N–H and O–H groups in total. The van der Waals surface area contributed by atoms with E-state index in [1.807, 2.05) is 59.1 Å². The van der Waals surface area contributed by atoms with Gasteiger partial charge in [-0.05, 0) is 18.2 Å². The smallest absolute Gasteiger partial charge is 0.190 e. The third-order valence-electron chi connectivity index (χ3n) is 3.96. The standard InChI is InChI=1S/C17H11N7/c1-2-4-11(5-3-1)13-7-6-12-14(19-13)8-9-24-16(12)21-22-17(24)15-10-18-23-20-15/h1-10H,(H,18,20,23). The maximum absolute atomic E-state index is 4.75. The first-order chi connectivity index (χ1) is 11.9. The van der Waals surface area contributed by atoms with E-state index in [9.17, 15) is 0 Å². The maximum atomic E-state index is 4.75. The maximum Gasteiger partial charge on any atom is 0.190 e. The molecule has 0 aliphatic heterocycles. The zero-order chi connectivity index (χ0) is 15.9. The molecule has 7 heteroatoms. The summed E-state index contributed by atoms with van der Waals surface area (Å²) >= 11 is 0. The van der Waals surface area contributed by atoms with Gasteiger partial charge in [0.1, 0.15) is 0 Å². The number of fused-ring (bicyclic) bond motifs is 3. The number of hydrogen-bond donors (Lipinski definition) is 1. The molecule has 0 atom stereocenters. The molecule has 114 valence electrons. The number of hydrogen-bond acceptors (Lipinski definition) is 5. The van der Waals surface area contributed by atoms with Crippen LogP contribution in [0.1, 0.15) is 0 Å². The minimum Gasteiger partial charge on any atom is -0.280 e. The van der Waals surface area contributed by atoms with E-state index in [1.54, 1.807) is 6.20 Å². The van der Waals surface area contributed by atoms with E-state index in [1.165, 1.54) is 0 Å². The van der Waals surface area contributed by atoms with Crippen molar-refractivity contribution in [2.24, 2.45) is 0 Å². The average Bonchev–Trinajstić information content (AvgIpc) is 3.31. The van der Waals surface area contributed by atoms with E-state index >= 15 is 0 Å². The second kappa shape index (κ2) is 4.95. The number of pyridine rings is 2. The second-order valence-electron chi connectivity index (χ2n) is 5.38. The lowest BCUT2D eigenvalue weighted by molar-refractivity contribution is 0.937. The Balaban J connectivity index is 1.72. The molecule has 0 saturated heterocycles. The molecule has 0 aliphatic rings. The Labute approximate surface area is 136 Å². The molecule has 4 heterocycles. The number of benzene rings is 1. The van der Waals surface area contributed by atoms with Crippen LogP contribution in [0.4, 0.5) is 0 Å². The molecule has 5 aromatic rings. The third-order valence-corrected chi connectivity index (χ3v) is 3.96. The molecular weight excluding hydrogens is 302 g/mol. The van der Waals surface area contributed by atoms with Crippen molar-refractivity contribution >= 4 is 16.6 Å². The van der Waals surface area contributed by atoms with Gasteiger partial charge in [0, 0.05) is 17.1 Å². The molecule has 0 bridgehead atoms. The minimum absolute atomic E-state index is 0.646. The predicted molar refractivity (Wildman–Crippen MR) is 89.1 cm³/mol. The molecule has 5 rings (SSSR count). The van der Waals surface area contributed by atoms with Gasteiger partial charge in [0.2, 0.25) is 0 Å². The lowest BCUT2D eigenvalue weighted by Gasteiger charge is -2.04. The quantitative estimate of drug-likeness (QED) is 0.541. The van der Waals surface area contributed by atoms with Crippen molar-refractivity contribution in [2.75, 3.05) is 0 Å². The normalized spacial score (nSPS) is 11.3. The number of aromatic nitrogens is 7. The van der Waals surface area contributed by atoms with E-state index in [2.05, 4.69) is 25.6 Å². The zero-order valence-corrected chi connectivity index (χ0v) is 12.5. The van der Waals surface area contributed by atoms with Gasteiger partial charge in [0.15, 0.2) is 17.2 Å². The van der Waals surface area contributed by atoms with E-state index in [0.29, 0.717) is 11.5 Å². The Hall–Kier alpha value is -3.61. The molecule has 24 heavy (non-hydrogen) atoms. The first-order valence-electron chi connectivity index (χ1n) is 7.46. The van der Waals surface area contributed by atoms with Crippen LogP contribution in [0.3, 0.4) is 0 Å². The SMILES string of the molecule is c1ccc(-c2ccc3c(ccn4c(-c5cn[nH]n5)nnc34)n2)cc1. The van der Waals surface area contributed by atoms with Crippen LogP contribution < -0.4 is 0 Å². The van der Waals surface area contributed by atoms with E-state index in [-0.39, 0.29) is 0 Å². The van der Waals surface area contributed by atoms with Gasteiger partial charge >= 0.3 is 0 Å². The third kappa shape index (κ3) is 1.88. The Morgan fingerprint density at radius 2 is 1.79 bits per heavy atom. The molecule has 0 amide bonds. The van der Waals surface area contributed by atoms with Crippen LogP contribution in [-0.2, 0) is 0 Å². The van der Waals surface area contributed by atoms with Gasteiger partial charge in [-0.3, -0.25) is 4.40 Å². The molecule has 0 fully saturated rings. The highest BCUT2D eigenvalue weighted by Gasteiger charge is 2.13. The molecule has 7 nitrogen and oxygen atoms in total. The predicted octanol–water partition coefficient (Wildman–Crippen LogP) is 2.73. The monoisotopic (exact) mass is 313 g/mol. The van der Waals surface area contributed by atoms with Crippen LogP contribution in [0.5, 0.6) is 0 Å². The van der Waals surface area contributed by atoms with Crippen molar-refractivity contribution in [3.05, 3.63) is 60.9 Å². The highest BCUT2D eigenvalue weighted by atomic mass is 15.3. The van der Waals surface area contributed by atoms with Gasteiger partial charge in [0.25, 0.3) is 0 Å². The molecule has 1 aromatic carbocycles. The number of H-pyrrole nitrogens is 1. The highest BCUT2D eigenvalue weighted by molar-refractivity contribution is 5.93.